The molecule has 0 aromatic carbocycles. The highest BCUT2D eigenvalue weighted by molar-refractivity contribution is 8.80. The molecular formula is C10H8O2S2. The molecule has 14 heavy (non-hydrogen) atoms. The molecule has 0 radical (unpaired) electrons. The molecule has 0 spiro atoms. The van der Waals surface area contributed by atoms with Crippen LogP contribution in [0.15, 0.2) is 33.6 Å². The van der Waals surface area contributed by atoms with Crippen molar-refractivity contribution in [3.05, 3.63) is 33.6 Å². The van der Waals surface area contributed by atoms with Crippen LogP contribution < -0.4 is 0 Å². The molecule has 72 valence electrons. The summed E-state index contributed by atoms with van der Waals surface area (Å²) < 4.78 is 12.0. The molecule has 2 heterocycles. The van der Waals surface area contributed by atoms with Gasteiger partial charge in [0.2, 0.25) is 0 Å². The number of ketones is 1. The highest BCUT2D eigenvalue weighted by Crippen LogP contribution is 2.46. The summed E-state index contributed by atoms with van der Waals surface area (Å²) in [6.07, 6.45) is 7.14. The Morgan fingerprint density at radius 3 is 3.07 bits per heavy atom. The molecule has 0 aromatic heterocycles. The second-order valence-corrected chi connectivity index (χ2v) is 7.59. The van der Waals surface area contributed by atoms with E-state index in [9.17, 15) is 9.00 Å². The molecule has 0 saturated heterocycles. The van der Waals surface area contributed by atoms with Gasteiger partial charge in [-0.15, -0.1) is 0 Å². The first-order valence-corrected chi connectivity index (χ1v) is 7.37. The summed E-state index contributed by atoms with van der Waals surface area (Å²) in [5.74, 6) is 0.102. The molecule has 1 aliphatic carbocycles. The van der Waals surface area contributed by atoms with E-state index >= 15 is 0 Å². The third-order valence-electron chi connectivity index (χ3n) is 2.49. The minimum atomic E-state index is -0.971. The van der Waals surface area contributed by atoms with Gasteiger partial charge in [0.15, 0.2) is 5.78 Å². The van der Waals surface area contributed by atoms with Gasteiger partial charge in [-0.25, -0.2) is 4.21 Å². The number of carbonyl (C=O) groups excluding carboxylic acids is 1. The largest absolute Gasteiger partial charge is 0.288 e. The molecule has 0 N–H and O–H groups in total. The minimum absolute atomic E-state index is 0.102. The predicted octanol–water partition coefficient (Wildman–Crippen LogP) is 1.81. The van der Waals surface area contributed by atoms with E-state index in [1.54, 1.807) is 0 Å². The quantitative estimate of drug-likeness (QED) is 0.464. The van der Waals surface area contributed by atoms with Gasteiger partial charge in [0, 0.05) is 16.9 Å². The number of fused-ring (bicyclic) bond motifs is 1. The molecule has 2 unspecified atom stereocenters. The lowest BCUT2D eigenvalue weighted by atomic mass is 10.1. The Kier molecular flexibility index (Phi) is 1.76. The van der Waals surface area contributed by atoms with Crippen LogP contribution in [0.25, 0.3) is 0 Å². The monoisotopic (exact) mass is 224 g/mol. The van der Waals surface area contributed by atoms with Crippen LogP contribution in [0.5, 0.6) is 0 Å². The van der Waals surface area contributed by atoms with Crippen molar-refractivity contribution in [3.8, 4) is 0 Å². The first-order chi connectivity index (χ1) is 6.79. The summed E-state index contributed by atoms with van der Waals surface area (Å²) in [4.78, 5) is 13.5. The molecule has 3 rings (SSSR count). The molecule has 2 aliphatic heterocycles. The molecule has 0 saturated carbocycles. The fourth-order valence-electron chi connectivity index (χ4n) is 1.83. The van der Waals surface area contributed by atoms with Gasteiger partial charge in [-0.3, -0.25) is 4.79 Å². The van der Waals surface area contributed by atoms with E-state index in [-0.39, 0.29) is 5.78 Å². The van der Waals surface area contributed by atoms with Gasteiger partial charge in [0.25, 0.3) is 0 Å². The summed E-state index contributed by atoms with van der Waals surface area (Å²) in [6, 6.07) is 0. The molecule has 0 bridgehead atoms. The Bertz CT molecular complexity index is 492. The van der Waals surface area contributed by atoms with Crippen LogP contribution >= 0.6 is 9.52 Å². The van der Waals surface area contributed by atoms with Gasteiger partial charge in [-0.05, 0) is 11.8 Å². The van der Waals surface area contributed by atoms with Gasteiger partial charge >= 0.3 is 0 Å². The Labute approximate surface area is 86.2 Å². The molecule has 0 fully saturated rings. The van der Waals surface area contributed by atoms with Crippen molar-refractivity contribution in [2.75, 3.05) is 0 Å². The highest BCUT2D eigenvalue weighted by atomic mass is 33.1. The third-order valence-corrected chi connectivity index (χ3v) is 7.41. The Hall–Kier alpha value is -0.740. The maximum absolute atomic E-state index is 12.0. The third kappa shape index (κ3) is 0.953. The summed E-state index contributed by atoms with van der Waals surface area (Å²) in [5.41, 5.74) is 0.689. The smallest absolute Gasteiger partial charge is 0.200 e. The van der Waals surface area contributed by atoms with Crippen molar-refractivity contribution in [1.29, 1.82) is 0 Å². The van der Waals surface area contributed by atoms with Crippen LogP contribution in [0.3, 0.4) is 0 Å². The Morgan fingerprint density at radius 1 is 1.36 bits per heavy atom. The van der Waals surface area contributed by atoms with Gasteiger partial charge < -0.3 is 0 Å². The molecule has 3 aliphatic rings. The molecule has 0 aromatic rings. The standard InChI is InChI=1S/C10H8O2S2/c11-10-7-3-1-4-8(7)14(12)13-6-2-5-9(10)13/h1,3,5-6H,2,4H2. The molecular weight excluding hydrogens is 216 g/mol. The van der Waals surface area contributed by atoms with Crippen molar-refractivity contribution in [3.63, 3.8) is 0 Å². The summed E-state index contributed by atoms with van der Waals surface area (Å²) in [5, 5.41) is 2.01. The molecule has 2 nitrogen and oxygen atoms in total. The fraction of sp³-hybridized carbons (Fsp3) is 0.200. The van der Waals surface area contributed by atoms with E-state index in [2.05, 4.69) is 0 Å². The van der Waals surface area contributed by atoms with Crippen molar-refractivity contribution in [2.45, 2.75) is 12.8 Å². The highest BCUT2D eigenvalue weighted by Gasteiger charge is 2.34. The zero-order chi connectivity index (χ0) is 9.71. The second-order valence-electron chi connectivity index (χ2n) is 3.28. The lowest BCUT2D eigenvalue weighted by molar-refractivity contribution is -0.111. The predicted molar refractivity (Wildman–Crippen MR) is 60.3 cm³/mol. The van der Waals surface area contributed by atoms with E-state index in [0.717, 1.165) is 16.2 Å². The van der Waals surface area contributed by atoms with Crippen LogP contribution in [-0.2, 0) is 14.6 Å². The second kappa shape index (κ2) is 2.87. The van der Waals surface area contributed by atoms with Crippen LogP contribution in [-0.4, -0.2) is 15.4 Å². The lowest BCUT2D eigenvalue weighted by Gasteiger charge is -2.17. The average Bonchev–Trinajstić information content (AvgIpc) is 2.82. The summed E-state index contributed by atoms with van der Waals surface area (Å²) in [7, 11) is -1.38. The average molecular weight is 224 g/mol. The number of allylic oxidation sites excluding steroid dienone is 6. The molecule has 4 heteroatoms. The van der Waals surface area contributed by atoms with E-state index < -0.39 is 19.3 Å². The zero-order valence-electron chi connectivity index (χ0n) is 7.36. The van der Waals surface area contributed by atoms with E-state index in [1.807, 2.05) is 23.6 Å². The van der Waals surface area contributed by atoms with E-state index in [1.165, 1.54) is 0 Å². The number of Topliss-reactive ketones (excluding diaryl/α,β-unsaturated/α-hetero) is 1. The maximum Gasteiger partial charge on any atom is 0.200 e. The Morgan fingerprint density at radius 2 is 2.21 bits per heavy atom. The zero-order valence-corrected chi connectivity index (χ0v) is 8.99. The summed E-state index contributed by atoms with van der Waals surface area (Å²) >= 11 is 0. The van der Waals surface area contributed by atoms with Gasteiger partial charge in [-0.1, -0.05) is 27.7 Å². The van der Waals surface area contributed by atoms with Crippen LogP contribution in [0, 0.1) is 0 Å². The van der Waals surface area contributed by atoms with E-state index in [0.29, 0.717) is 12.0 Å². The normalized spacial score (nSPS) is 34.0. The Balaban J connectivity index is 2.26. The maximum atomic E-state index is 12.0. The van der Waals surface area contributed by atoms with Crippen molar-refractivity contribution in [1.82, 2.24) is 0 Å². The lowest BCUT2D eigenvalue weighted by Crippen LogP contribution is -2.12. The van der Waals surface area contributed by atoms with Gasteiger partial charge in [-0.2, -0.15) is 0 Å². The number of rotatable bonds is 0. The molecule has 0 amide bonds. The van der Waals surface area contributed by atoms with Crippen molar-refractivity contribution < 1.29 is 9.00 Å². The SMILES string of the molecule is O=C1C2=CCC=S2S(=O)C2=C1C=CC2. The van der Waals surface area contributed by atoms with Crippen LogP contribution in [0.2, 0.25) is 0 Å². The minimum Gasteiger partial charge on any atom is -0.288 e. The fourth-order valence-corrected chi connectivity index (χ4v) is 6.56. The van der Waals surface area contributed by atoms with Crippen molar-refractivity contribution in [2.24, 2.45) is 0 Å². The number of carbonyl (C=O) groups is 1. The first kappa shape index (κ1) is 8.56. The van der Waals surface area contributed by atoms with Crippen LogP contribution in [0.4, 0.5) is 0 Å². The van der Waals surface area contributed by atoms with Gasteiger partial charge in [0.05, 0.1) is 4.91 Å². The van der Waals surface area contributed by atoms with E-state index in [4.69, 9.17) is 0 Å². The molecule has 2 atom stereocenters. The van der Waals surface area contributed by atoms with Gasteiger partial charge in [0.1, 0.15) is 9.83 Å². The van der Waals surface area contributed by atoms with Crippen LogP contribution in [0.1, 0.15) is 12.8 Å². The summed E-state index contributed by atoms with van der Waals surface area (Å²) in [6.45, 7) is 0. The topological polar surface area (TPSA) is 34.1 Å². The van der Waals surface area contributed by atoms with Crippen molar-refractivity contribution >= 4 is 30.5 Å². The number of hydrogen-bond acceptors (Lipinski definition) is 2. The first-order valence-electron chi connectivity index (χ1n) is 4.42. The number of hydrogen-bond donors (Lipinski definition) is 0.